The summed E-state index contributed by atoms with van der Waals surface area (Å²) in [7, 11) is -3.21. The zero-order valence-electron chi connectivity index (χ0n) is 24.0. The van der Waals surface area contributed by atoms with Crippen molar-refractivity contribution in [1.82, 2.24) is 14.9 Å². The van der Waals surface area contributed by atoms with Crippen molar-refractivity contribution in [2.45, 2.75) is 107 Å². The number of nitrogens with zero attached hydrogens (tertiary/aromatic N) is 1. The van der Waals surface area contributed by atoms with Gasteiger partial charge in [-0.25, -0.2) is 12.8 Å². The number of fused-ring (bicyclic) bond motifs is 2. The topological polar surface area (TPSA) is 114 Å². The van der Waals surface area contributed by atoms with Gasteiger partial charge in [-0.2, -0.15) is 4.31 Å². The number of carbonyl (C=O) groups is 1. The van der Waals surface area contributed by atoms with Crippen molar-refractivity contribution >= 4 is 15.9 Å². The molecule has 40 heavy (non-hydrogen) atoms. The number of hydrogen-bond donors (Lipinski definition) is 3. The summed E-state index contributed by atoms with van der Waals surface area (Å²) in [5.74, 6) is -0.0205. The van der Waals surface area contributed by atoms with Crippen molar-refractivity contribution in [3.8, 4) is 0 Å². The number of benzene rings is 1. The third-order valence-corrected chi connectivity index (χ3v) is 11.8. The molecule has 3 aliphatic heterocycles. The Balaban J connectivity index is 1.24. The van der Waals surface area contributed by atoms with Crippen LogP contribution in [0.25, 0.3) is 0 Å². The first-order chi connectivity index (χ1) is 19.0. The Morgan fingerprint density at radius 2 is 1.95 bits per heavy atom. The summed E-state index contributed by atoms with van der Waals surface area (Å²) in [6.07, 6.45) is 7.82. The lowest BCUT2D eigenvalue weighted by Crippen LogP contribution is -2.57. The van der Waals surface area contributed by atoms with Gasteiger partial charge in [-0.15, -0.1) is 0 Å². The van der Waals surface area contributed by atoms with Crippen LogP contribution in [-0.4, -0.2) is 73.8 Å². The molecule has 1 aromatic rings. The summed E-state index contributed by atoms with van der Waals surface area (Å²) < 4.78 is 47.2. The molecule has 2 bridgehead atoms. The van der Waals surface area contributed by atoms with Crippen LogP contribution in [0.1, 0.15) is 83.1 Å². The lowest BCUT2D eigenvalue weighted by Gasteiger charge is -2.41. The molecular weight excluding hydrogens is 531 g/mol. The first kappa shape index (κ1) is 29.9. The fraction of sp³-hybridized carbons (Fsp3) is 0.767. The number of sulfonamides is 1. The molecule has 10 heteroatoms. The Morgan fingerprint density at radius 1 is 1.18 bits per heavy atom. The summed E-state index contributed by atoms with van der Waals surface area (Å²) in [6, 6.07) is 5.90. The average molecular weight is 579 g/mol. The zero-order chi connectivity index (χ0) is 28.5. The van der Waals surface area contributed by atoms with Gasteiger partial charge >= 0.3 is 0 Å². The van der Waals surface area contributed by atoms with Gasteiger partial charge in [0.15, 0.2) is 0 Å². The van der Waals surface area contributed by atoms with Crippen molar-refractivity contribution in [2.24, 2.45) is 17.6 Å². The van der Waals surface area contributed by atoms with Gasteiger partial charge in [0, 0.05) is 43.7 Å². The zero-order valence-corrected chi connectivity index (χ0v) is 24.8. The van der Waals surface area contributed by atoms with Crippen LogP contribution in [0.3, 0.4) is 0 Å². The molecule has 4 aliphatic rings. The number of ether oxygens (including phenoxy) is 1. The molecule has 0 radical (unpaired) electrons. The normalized spacial score (nSPS) is 34.9. The number of carbonyl (C=O) groups excluding carboxylic acids is 1. The van der Waals surface area contributed by atoms with Crippen LogP contribution in [0.4, 0.5) is 4.39 Å². The average Bonchev–Trinajstić information content (AvgIpc) is 3.30. The van der Waals surface area contributed by atoms with E-state index in [0.29, 0.717) is 32.0 Å². The van der Waals surface area contributed by atoms with Gasteiger partial charge in [-0.05, 0) is 94.7 Å². The molecule has 3 heterocycles. The summed E-state index contributed by atoms with van der Waals surface area (Å²) in [5, 5.41) is 6.85. The number of hydrogen-bond acceptors (Lipinski definition) is 6. The van der Waals surface area contributed by atoms with Gasteiger partial charge in [0.25, 0.3) is 0 Å². The van der Waals surface area contributed by atoms with E-state index in [9.17, 15) is 17.6 Å². The van der Waals surface area contributed by atoms with Crippen molar-refractivity contribution in [2.75, 3.05) is 25.4 Å². The molecule has 1 saturated carbocycles. The maximum Gasteiger partial charge on any atom is 0.237 e. The Labute approximate surface area is 239 Å². The summed E-state index contributed by atoms with van der Waals surface area (Å²) in [5.41, 5.74) is 7.32. The fourth-order valence-electron chi connectivity index (χ4n) is 7.71. The predicted molar refractivity (Wildman–Crippen MR) is 154 cm³/mol. The SMILES string of the molecule is CC1(C)CC(C(c2ccc(F)cc2)C(N)C(=O)N[C@H]2CCC[C@@H]2CC[C@H]2CN[C@@H]3CCCS(=O)(=O)N2C3)CCO1. The molecule has 1 aromatic carbocycles. The van der Waals surface area contributed by atoms with E-state index in [1.807, 2.05) is 0 Å². The van der Waals surface area contributed by atoms with E-state index in [-0.39, 0.29) is 53.0 Å². The van der Waals surface area contributed by atoms with Crippen LogP contribution in [0, 0.1) is 17.7 Å². The van der Waals surface area contributed by atoms with Gasteiger partial charge in [0.1, 0.15) is 5.82 Å². The minimum Gasteiger partial charge on any atom is -0.376 e. The van der Waals surface area contributed by atoms with Crippen molar-refractivity contribution in [3.63, 3.8) is 0 Å². The third kappa shape index (κ3) is 6.89. The molecule has 4 unspecified atom stereocenters. The van der Waals surface area contributed by atoms with E-state index in [1.54, 1.807) is 16.4 Å². The molecule has 1 aliphatic carbocycles. The number of halogens is 1. The van der Waals surface area contributed by atoms with E-state index >= 15 is 0 Å². The van der Waals surface area contributed by atoms with E-state index in [1.165, 1.54) is 12.1 Å². The number of nitrogens with one attached hydrogen (secondary N) is 2. The second kappa shape index (κ2) is 12.3. The number of piperazine rings is 1. The highest BCUT2D eigenvalue weighted by molar-refractivity contribution is 7.89. The van der Waals surface area contributed by atoms with Crippen LogP contribution in [-0.2, 0) is 19.6 Å². The molecule has 4 N–H and O–H groups in total. The lowest BCUT2D eigenvalue weighted by molar-refractivity contribution is -0.125. The van der Waals surface area contributed by atoms with E-state index < -0.39 is 16.1 Å². The van der Waals surface area contributed by atoms with E-state index in [2.05, 4.69) is 24.5 Å². The number of amides is 1. The second-order valence-electron chi connectivity index (χ2n) is 13.1. The fourth-order valence-corrected chi connectivity index (χ4v) is 9.52. The number of rotatable bonds is 8. The lowest BCUT2D eigenvalue weighted by atomic mass is 9.73. The maximum atomic E-state index is 13.8. The molecule has 224 valence electrons. The van der Waals surface area contributed by atoms with Gasteiger partial charge in [-0.3, -0.25) is 4.79 Å². The Kier molecular flexibility index (Phi) is 9.22. The molecule has 5 rings (SSSR count). The van der Waals surface area contributed by atoms with Gasteiger partial charge in [0.05, 0.1) is 17.4 Å². The molecule has 1 amide bonds. The van der Waals surface area contributed by atoms with E-state index in [4.69, 9.17) is 10.5 Å². The predicted octanol–water partition coefficient (Wildman–Crippen LogP) is 3.27. The monoisotopic (exact) mass is 578 g/mol. The highest BCUT2D eigenvalue weighted by atomic mass is 32.2. The molecule has 3 saturated heterocycles. The minimum atomic E-state index is -3.21. The first-order valence-corrected chi connectivity index (χ1v) is 16.8. The summed E-state index contributed by atoms with van der Waals surface area (Å²) in [6.45, 7) is 6.00. The third-order valence-electron chi connectivity index (χ3n) is 9.81. The Morgan fingerprint density at radius 3 is 2.70 bits per heavy atom. The summed E-state index contributed by atoms with van der Waals surface area (Å²) >= 11 is 0. The first-order valence-electron chi connectivity index (χ1n) is 15.2. The Hall–Kier alpha value is -1.59. The van der Waals surface area contributed by atoms with Crippen LogP contribution in [0.5, 0.6) is 0 Å². The Bertz CT molecular complexity index is 1130. The molecule has 8 atom stereocenters. The molecular formula is C30H47FN4O4S. The van der Waals surface area contributed by atoms with Crippen LogP contribution in [0.2, 0.25) is 0 Å². The van der Waals surface area contributed by atoms with E-state index in [0.717, 1.165) is 56.9 Å². The van der Waals surface area contributed by atoms with Gasteiger partial charge in [0.2, 0.25) is 15.9 Å². The van der Waals surface area contributed by atoms with Gasteiger partial charge < -0.3 is 21.1 Å². The van der Waals surface area contributed by atoms with Gasteiger partial charge in [-0.1, -0.05) is 18.6 Å². The molecule has 0 spiro atoms. The van der Waals surface area contributed by atoms with Crippen molar-refractivity contribution < 1.29 is 22.3 Å². The maximum absolute atomic E-state index is 13.8. The van der Waals surface area contributed by atoms with Crippen LogP contribution in [0.15, 0.2) is 24.3 Å². The van der Waals surface area contributed by atoms with Crippen LogP contribution < -0.4 is 16.4 Å². The highest BCUT2D eigenvalue weighted by Gasteiger charge is 2.41. The highest BCUT2D eigenvalue weighted by Crippen LogP contribution is 2.40. The van der Waals surface area contributed by atoms with Crippen molar-refractivity contribution in [3.05, 3.63) is 35.6 Å². The molecule has 0 aromatic heterocycles. The standard InChI is InChI=1S/C30H47FN4O4S/c1-30(2)17-22(14-15-39-30)27(21-8-11-23(31)12-9-21)28(32)29(36)34-26-7-3-5-20(26)10-13-25-18-33-24-6-4-16-40(37,38)35(25)19-24/h8-9,11-12,20,22,24-28,33H,3-7,10,13-19,32H2,1-2H3,(H,34,36)/t20-,22?,24-,25+,26+,27?,28?/m1/s1. The minimum absolute atomic E-state index is 0.0294. The number of nitrogens with two attached hydrogens (primary N) is 1. The largest absolute Gasteiger partial charge is 0.376 e. The second-order valence-corrected chi connectivity index (χ2v) is 15.2. The van der Waals surface area contributed by atoms with Crippen molar-refractivity contribution in [1.29, 1.82) is 0 Å². The van der Waals surface area contributed by atoms with Crippen LogP contribution >= 0.6 is 0 Å². The molecule has 4 fully saturated rings. The summed E-state index contributed by atoms with van der Waals surface area (Å²) in [4.78, 5) is 13.7. The smallest absolute Gasteiger partial charge is 0.237 e. The molecule has 8 nitrogen and oxygen atoms in total. The quantitative estimate of drug-likeness (QED) is 0.437.